The van der Waals surface area contributed by atoms with Crippen molar-refractivity contribution in [2.45, 2.75) is 13.5 Å². The van der Waals surface area contributed by atoms with Crippen molar-refractivity contribution in [2.24, 2.45) is 0 Å². The Morgan fingerprint density at radius 1 is 1.12 bits per heavy atom. The Balaban J connectivity index is 1.86. The molecule has 26 heavy (non-hydrogen) atoms. The minimum absolute atomic E-state index is 0.205. The average molecular weight is 347 g/mol. The van der Waals surface area contributed by atoms with Gasteiger partial charge in [0.1, 0.15) is 11.4 Å². The monoisotopic (exact) mass is 347 g/mol. The van der Waals surface area contributed by atoms with Crippen LogP contribution in [0.2, 0.25) is 0 Å². The summed E-state index contributed by atoms with van der Waals surface area (Å²) < 4.78 is 0. The molecule has 6 heteroatoms. The van der Waals surface area contributed by atoms with E-state index in [0.29, 0.717) is 23.8 Å². The molecule has 132 valence electrons. The molecular weight excluding hydrogens is 326 g/mol. The topological polar surface area (TPSA) is 71.0 Å². The van der Waals surface area contributed by atoms with E-state index in [1.807, 2.05) is 61.3 Å². The third kappa shape index (κ3) is 4.03. The Hall–Kier alpha value is -3.28. The number of pyridine rings is 1. The number of amides is 1. The van der Waals surface area contributed by atoms with E-state index < -0.39 is 0 Å². The molecule has 2 aromatic heterocycles. The number of anilines is 1. The van der Waals surface area contributed by atoms with E-state index in [0.717, 1.165) is 17.7 Å². The first-order chi connectivity index (χ1) is 12.7. The van der Waals surface area contributed by atoms with Gasteiger partial charge in [-0.2, -0.15) is 0 Å². The van der Waals surface area contributed by atoms with Crippen LogP contribution in [0.1, 0.15) is 22.8 Å². The lowest BCUT2D eigenvalue weighted by molar-refractivity contribution is 0.0950. The zero-order chi connectivity index (χ0) is 18.4. The van der Waals surface area contributed by atoms with Gasteiger partial charge in [0.2, 0.25) is 0 Å². The maximum atomic E-state index is 12.7. The Kier molecular flexibility index (Phi) is 5.53. The summed E-state index contributed by atoms with van der Waals surface area (Å²) >= 11 is 0. The van der Waals surface area contributed by atoms with Crippen molar-refractivity contribution in [3.63, 3.8) is 0 Å². The van der Waals surface area contributed by atoms with Crippen LogP contribution in [-0.2, 0) is 6.54 Å². The van der Waals surface area contributed by atoms with Crippen LogP contribution in [0.4, 0.5) is 5.82 Å². The number of nitrogens with one attached hydrogen (secondary N) is 1. The molecule has 3 aromatic rings. The molecule has 0 aliphatic rings. The van der Waals surface area contributed by atoms with Crippen molar-refractivity contribution in [1.29, 1.82) is 0 Å². The summed E-state index contributed by atoms with van der Waals surface area (Å²) in [6.45, 7) is 3.15. The molecule has 1 amide bonds. The van der Waals surface area contributed by atoms with Crippen molar-refractivity contribution < 1.29 is 4.79 Å². The highest BCUT2D eigenvalue weighted by molar-refractivity contribution is 5.98. The van der Waals surface area contributed by atoms with Crippen LogP contribution in [0.15, 0.2) is 61.1 Å². The number of nitrogens with zero attached hydrogens (tertiary/aromatic N) is 4. The number of rotatable bonds is 6. The quantitative estimate of drug-likeness (QED) is 0.742. The van der Waals surface area contributed by atoms with Gasteiger partial charge in [-0.25, -0.2) is 9.97 Å². The molecule has 0 atom stereocenters. The zero-order valence-electron chi connectivity index (χ0n) is 14.9. The van der Waals surface area contributed by atoms with E-state index >= 15 is 0 Å². The van der Waals surface area contributed by atoms with E-state index in [1.54, 1.807) is 18.6 Å². The van der Waals surface area contributed by atoms with Gasteiger partial charge in [0.25, 0.3) is 5.91 Å². The number of aromatic nitrogens is 3. The summed E-state index contributed by atoms with van der Waals surface area (Å²) in [6.07, 6.45) is 5.03. The van der Waals surface area contributed by atoms with Crippen LogP contribution in [0.5, 0.6) is 0 Å². The van der Waals surface area contributed by atoms with Crippen molar-refractivity contribution in [3.8, 4) is 11.4 Å². The van der Waals surface area contributed by atoms with Crippen LogP contribution >= 0.6 is 0 Å². The molecule has 0 unspecified atom stereocenters. The first-order valence-electron chi connectivity index (χ1n) is 8.49. The number of benzene rings is 1. The standard InChI is InChI=1S/C20H21N5O/c1-3-25(2)19-17(20(26)23-13-15-8-7-11-21-12-15)14-22-18(24-19)16-9-5-4-6-10-16/h4-12,14H,3,13H2,1-2H3,(H,23,26). The lowest BCUT2D eigenvalue weighted by Gasteiger charge is -2.19. The maximum absolute atomic E-state index is 12.7. The lowest BCUT2D eigenvalue weighted by Crippen LogP contribution is -2.28. The van der Waals surface area contributed by atoms with Crippen LogP contribution in [0.3, 0.4) is 0 Å². The van der Waals surface area contributed by atoms with Gasteiger partial charge < -0.3 is 10.2 Å². The summed E-state index contributed by atoms with van der Waals surface area (Å²) in [6, 6.07) is 13.5. The van der Waals surface area contributed by atoms with Gasteiger partial charge in [-0.3, -0.25) is 9.78 Å². The van der Waals surface area contributed by atoms with Gasteiger partial charge in [0.05, 0.1) is 0 Å². The second kappa shape index (κ2) is 8.20. The minimum Gasteiger partial charge on any atom is -0.359 e. The highest BCUT2D eigenvalue weighted by atomic mass is 16.1. The van der Waals surface area contributed by atoms with Gasteiger partial charge >= 0.3 is 0 Å². The zero-order valence-corrected chi connectivity index (χ0v) is 14.9. The molecule has 0 saturated carbocycles. The molecule has 0 saturated heterocycles. The smallest absolute Gasteiger partial charge is 0.256 e. The lowest BCUT2D eigenvalue weighted by atomic mass is 10.2. The number of carbonyl (C=O) groups is 1. The molecule has 3 rings (SSSR count). The largest absolute Gasteiger partial charge is 0.359 e. The molecule has 0 aliphatic heterocycles. The van der Waals surface area contributed by atoms with Crippen molar-refractivity contribution in [2.75, 3.05) is 18.5 Å². The van der Waals surface area contributed by atoms with Crippen molar-refractivity contribution >= 4 is 11.7 Å². The Morgan fingerprint density at radius 3 is 2.62 bits per heavy atom. The van der Waals surface area contributed by atoms with E-state index in [1.165, 1.54) is 0 Å². The number of carbonyl (C=O) groups excluding carboxylic acids is 1. The van der Waals surface area contributed by atoms with Crippen LogP contribution in [0, 0.1) is 0 Å². The van der Waals surface area contributed by atoms with Gasteiger partial charge in [0.15, 0.2) is 5.82 Å². The van der Waals surface area contributed by atoms with E-state index in [4.69, 9.17) is 0 Å². The second-order valence-corrected chi connectivity index (χ2v) is 5.86. The first kappa shape index (κ1) is 17.5. The molecule has 0 radical (unpaired) electrons. The van der Waals surface area contributed by atoms with Crippen molar-refractivity contribution in [1.82, 2.24) is 20.3 Å². The van der Waals surface area contributed by atoms with Gasteiger partial charge in [0, 0.05) is 44.3 Å². The van der Waals surface area contributed by atoms with E-state index in [-0.39, 0.29) is 5.91 Å². The maximum Gasteiger partial charge on any atom is 0.256 e. The molecule has 2 heterocycles. The fourth-order valence-corrected chi connectivity index (χ4v) is 2.48. The van der Waals surface area contributed by atoms with Crippen molar-refractivity contribution in [3.05, 3.63) is 72.2 Å². The Labute approximate surface area is 153 Å². The summed E-state index contributed by atoms with van der Waals surface area (Å²) in [5.41, 5.74) is 2.31. The summed E-state index contributed by atoms with van der Waals surface area (Å²) in [5, 5.41) is 2.91. The molecule has 0 spiro atoms. The Morgan fingerprint density at radius 2 is 1.92 bits per heavy atom. The Bertz CT molecular complexity index is 868. The predicted molar refractivity (Wildman–Crippen MR) is 102 cm³/mol. The van der Waals surface area contributed by atoms with Gasteiger partial charge in [-0.15, -0.1) is 0 Å². The second-order valence-electron chi connectivity index (χ2n) is 5.86. The summed E-state index contributed by atoms with van der Waals surface area (Å²) in [4.78, 5) is 27.7. The SMILES string of the molecule is CCN(C)c1nc(-c2ccccc2)ncc1C(=O)NCc1cccnc1. The minimum atomic E-state index is -0.205. The molecule has 0 aliphatic carbocycles. The molecule has 0 bridgehead atoms. The van der Waals surface area contributed by atoms with Crippen LogP contribution in [-0.4, -0.2) is 34.5 Å². The normalized spacial score (nSPS) is 10.4. The van der Waals surface area contributed by atoms with Crippen LogP contribution in [0.25, 0.3) is 11.4 Å². The number of hydrogen-bond acceptors (Lipinski definition) is 5. The van der Waals surface area contributed by atoms with E-state index in [2.05, 4.69) is 20.3 Å². The molecule has 6 nitrogen and oxygen atoms in total. The van der Waals surface area contributed by atoms with Crippen LogP contribution < -0.4 is 10.2 Å². The first-order valence-corrected chi connectivity index (χ1v) is 8.49. The molecule has 0 fully saturated rings. The van der Waals surface area contributed by atoms with Gasteiger partial charge in [-0.1, -0.05) is 36.4 Å². The fraction of sp³-hybridized carbons (Fsp3) is 0.200. The highest BCUT2D eigenvalue weighted by Gasteiger charge is 2.17. The molecule has 1 N–H and O–H groups in total. The van der Waals surface area contributed by atoms with Gasteiger partial charge in [-0.05, 0) is 18.6 Å². The number of hydrogen-bond donors (Lipinski definition) is 1. The highest BCUT2D eigenvalue weighted by Crippen LogP contribution is 2.21. The fourth-order valence-electron chi connectivity index (χ4n) is 2.48. The predicted octanol–water partition coefficient (Wildman–Crippen LogP) is 2.92. The average Bonchev–Trinajstić information content (AvgIpc) is 2.72. The third-order valence-electron chi connectivity index (χ3n) is 4.06. The molecule has 1 aromatic carbocycles. The molecular formula is C20H21N5O. The van der Waals surface area contributed by atoms with E-state index in [9.17, 15) is 4.79 Å². The summed E-state index contributed by atoms with van der Waals surface area (Å²) in [7, 11) is 1.91. The summed E-state index contributed by atoms with van der Waals surface area (Å²) in [5.74, 6) is 1.01. The third-order valence-corrected chi connectivity index (χ3v) is 4.06.